The van der Waals surface area contributed by atoms with Crippen LogP contribution in [0.4, 0.5) is 0 Å². The SMILES string of the molecule is CCC(CC)S(=O)(=O)N1CCC([C@@H]2OCC[C@H]2C(=O)O)CC1. The van der Waals surface area contributed by atoms with E-state index in [-0.39, 0.29) is 17.3 Å². The van der Waals surface area contributed by atoms with E-state index >= 15 is 0 Å². The Hall–Kier alpha value is -0.660. The first kappa shape index (κ1) is 17.7. The fourth-order valence-electron chi connectivity index (χ4n) is 3.72. The fraction of sp³-hybridized carbons (Fsp3) is 0.933. The summed E-state index contributed by atoms with van der Waals surface area (Å²) < 4.78 is 32.3. The van der Waals surface area contributed by atoms with Crippen LogP contribution in [0.2, 0.25) is 0 Å². The molecule has 0 saturated carbocycles. The van der Waals surface area contributed by atoms with Crippen LogP contribution in [0.15, 0.2) is 0 Å². The maximum absolute atomic E-state index is 12.5. The second-order valence-corrected chi connectivity index (χ2v) is 8.50. The smallest absolute Gasteiger partial charge is 0.309 e. The highest BCUT2D eigenvalue weighted by Crippen LogP contribution is 2.34. The zero-order valence-corrected chi connectivity index (χ0v) is 14.2. The summed E-state index contributed by atoms with van der Waals surface area (Å²) in [4.78, 5) is 11.3. The van der Waals surface area contributed by atoms with Crippen LogP contribution < -0.4 is 0 Å². The van der Waals surface area contributed by atoms with Gasteiger partial charge >= 0.3 is 5.97 Å². The van der Waals surface area contributed by atoms with Crippen LogP contribution in [-0.4, -0.2) is 54.8 Å². The van der Waals surface area contributed by atoms with Crippen molar-refractivity contribution < 1.29 is 23.1 Å². The molecule has 0 amide bonds. The number of aliphatic carboxylic acids is 1. The summed E-state index contributed by atoms with van der Waals surface area (Å²) >= 11 is 0. The normalized spacial score (nSPS) is 28.3. The van der Waals surface area contributed by atoms with Crippen LogP contribution in [0.3, 0.4) is 0 Å². The van der Waals surface area contributed by atoms with Crippen LogP contribution in [0.1, 0.15) is 46.0 Å². The van der Waals surface area contributed by atoms with Crippen molar-refractivity contribution in [1.29, 1.82) is 0 Å². The minimum Gasteiger partial charge on any atom is -0.481 e. The summed E-state index contributed by atoms with van der Waals surface area (Å²) in [5.41, 5.74) is 0. The Morgan fingerprint density at radius 3 is 2.32 bits per heavy atom. The number of sulfonamides is 1. The first-order chi connectivity index (χ1) is 10.4. The Bertz CT molecular complexity index is 480. The lowest BCUT2D eigenvalue weighted by Gasteiger charge is -2.36. The van der Waals surface area contributed by atoms with Gasteiger partial charge in [0.25, 0.3) is 0 Å². The second-order valence-electron chi connectivity index (χ2n) is 6.29. The molecule has 0 radical (unpaired) electrons. The Morgan fingerprint density at radius 1 is 1.23 bits per heavy atom. The molecule has 6 nitrogen and oxygen atoms in total. The number of hydrogen-bond acceptors (Lipinski definition) is 4. The molecule has 22 heavy (non-hydrogen) atoms. The van der Waals surface area contributed by atoms with Gasteiger partial charge in [-0.3, -0.25) is 4.79 Å². The Kier molecular flexibility index (Phi) is 5.85. The van der Waals surface area contributed by atoms with E-state index in [1.807, 2.05) is 13.8 Å². The number of piperidine rings is 1. The van der Waals surface area contributed by atoms with Gasteiger partial charge in [-0.05, 0) is 38.0 Å². The third-order valence-corrected chi connectivity index (χ3v) is 7.70. The van der Waals surface area contributed by atoms with E-state index in [0.717, 1.165) is 0 Å². The van der Waals surface area contributed by atoms with Crippen molar-refractivity contribution in [3.8, 4) is 0 Å². The van der Waals surface area contributed by atoms with Gasteiger partial charge in [-0.2, -0.15) is 0 Å². The lowest BCUT2D eigenvalue weighted by molar-refractivity contribution is -0.145. The summed E-state index contributed by atoms with van der Waals surface area (Å²) in [6.45, 7) is 5.27. The molecule has 128 valence electrons. The highest BCUT2D eigenvalue weighted by Gasteiger charge is 2.42. The quantitative estimate of drug-likeness (QED) is 0.800. The van der Waals surface area contributed by atoms with Crippen molar-refractivity contribution in [3.05, 3.63) is 0 Å². The molecule has 0 aromatic carbocycles. The summed E-state index contributed by atoms with van der Waals surface area (Å²) in [5.74, 6) is -1.08. The van der Waals surface area contributed by atoms with Gasteiger partial charge < -0.3 is 9.84 Å². The van der Waals surface area contributed by atoms with Crippen LogP contribution >= 0.6 is 0 Å². The molecule has 2 aliphatic rings. The monoisotopic (exact) mass is 333 g/mol. The average Bonchev–Trinajstić information content (AvgIpc) is 2.98. The standard InChI is InChI=1S/C15H27NO5S/c1-3-12(4-2)22(19,20)16-8-5-11(6-9-16)14-13(15(17)18)7-10-21-14/h11-14H,3-10H2,1-2H3,(H,17,18)/t13-,14+/m1/s1. The third kappa shape index (κ3) is 3.46. The van der Waals surface area contributed by atoms with Crippen molar-refractivity contribution in [2.24, 2.45) is 11.8 Å². The van der Waals surface area contributed by atoms with E-state index in [1.165, 1.54) is 0 Å². The van der Waals surface area contributed by atoms with Gasteiger partial charge in [-0.25, -0.2) is 12.7 Å². The van der Waals surface area contributed by atoms with Crippen molar-refractivity contribution in [2.75, 3.05) is 19.7 Å². The number of nitrogens with zero attached hydrogens (tertiary/aromatic N) is 1. The largest absolute Gasteiger partial charge is 0.481 e. The number of rotatable bonds is 6. The van der Waals surface area contributed by atoms with Crippen LogP contribution in [0, 0.1) is 11.8 Å². The van der Waals surface area contributed by atoms with Crippen molar-refractivity contribution in [3.63, 3.8) is 0 Å². The molecule has 2 rings (SSSR count). The van der Waals surface area contributed by atoms with E-state index in [1.54, 1.807) is 4.31 Å². The molecule has 0 unspecified atom stereocenters. The minimum atomic E-state index is -3.22. The molecular weight excluding hydrogens is 306 g/mol. The van der Waals surface area contributed by atoms with Gasteiger partial charge in [0.05, 0.1) is 17.3 Å². The molecule has 0 aromatic heterocycles. The van der Waals surface area contributed by atoms with Gasteiger partial charge in [-0.1, -0.05) is 13.8 Å². The van der Waals surface area contributed by atoms with Crippen molar-refractivity contribution in [1.82, 2.24) is 4.31 Å². The molecule has 0 bridgehead atoms. The van der Waals surface area contributed by atoms with Crippen LogP contribution in [-0.2, 0) is 19.6 Å². The molecule has 2 saturated heterocycles. The first-order valence-corrected chi connectivity index (χ1v) is 9.75. The lowest BCUT2D eigenvalue weighted by atomic mass is 9.85. The maximum atomic E-state index is 12.5. The summed E-state index contributed by atoms with van der Waals surface area (Å²) in [6.07, 6.45) is 2.95. The Morgan fingerprint density at radius 2 is 1.82 bits per heavy atom. The molecule has 1 N–H and O–H groups in total. The summed E-state index contributed by atoms with van der Waals surface area (Å²) in [5, 5.41) is 8.94. The molecule has 2 atom stereocenters. The average molecular weight is 333 g/mol. The second kappa shape index (κ2) is 7.27. The number of ether oxygens (including phenoxy) is 1. The summed E-state index contributed by atoms with van der Waals surface area (Å²) in [6, 6.07) is 0. The summed E-state index contributed by atoms with van der Waals surface area (Å²) in [7, 11) is -3.22. The molecule has 2 heterocycles. The molecule has 2 aliphatic heterocycles. The predicted octanol–water partition coefficient (Wildman–Crippen LogP) is 1.71. The maximum Gasteiger partial charge on any atom is 0.309 e. The predicted molar refractivity (Wildman–Crippen MR) is 83.1 cm³/mol. The number of hydrogen-bond donors (Lipinski definition) is 1. The van der Waals surface area contributed by atoms with E-state index in [0.29, 0.717) is 51.8 Å². The first-order valence-electron chi connectivity index (χ1n) is 8.25. The molecule has 2 fully saturated rings. The van der Waals surface area contributed by atoms with Gasteiger partial charge in [-0.15, -0.1) is 0 Å². The van der Waals surface area contributed by atoms with Gasteiger partial charge in [0, 0.05) is 19.7 Å². The Balaban J connectivity index is 1.97. The Labute approximate surface area is 132 Å². The molecule has 7 heteroatoms. The fourth-order valence-corrected chi connectivity index (χ4v) is 5.70. The highest BCUT2D eigenvalue weighted by molar-refractivity contribution is 7.89. The van der Waals surface area contributed by atoms with E-state index in [4.69, 9.17) is 4.74 Å². The topological polar surface area (TPSA) is 83.9 Å². The zero-order valence-electron chi connectivity index (χ0n) is 13.4. The van der Waals surface area contributed by atoms with Gasteiger partial charge in [0.2, 0.25) is 10.0 Å². The third-order valence-electron chi connectivity index (χ3n) is 5.11. The van der Waals surface area contributed by atoms with Crippen molar-refractivity contribution in [2.45, 2.75) is 57.3 Å². The van der Waals surface area contributed by atoms with Crippen LogP contribution in [0.25, 0.3) is 0 Å². The van der Waals surface area contributed by atoms with E-state index < -0.39 is 21.9 Å². The number of carbonyl (C=O) groups is 1. The molecule has 0 aromatic rings. The molecule has 0 aliphatic carbocycles. The lowest BCUT2D eigenvalue weighted by Crippen LogP contribution is -2.46. The molecule has 0 spiro atoms. The van der Waals surface area contributed by atoms with E-state index in [9.17, 15) is 18.3 Å². The minimum absolute atomic E-state index is 0.150. The highest BCUT2D eigenvalue weighted by atomic mass is 32.2. The van der Waals surface area contributed by atoms with Crippen molar-refractivity contribution >= 4 is 16.0 Å². The van der Waals surface area contributed by atoms with E-state index in [2.05, 4.69) is 0 Å². The van der Waals surface area contributed by atoms with Gasteiger partial charge in [0.15, 0.2) is 0 Å². The van der Waals surface area contributed by atoms with Gasteiger partial charge in [0.1, 0.15) is 0 Å². The number of carboxylic acid groups (broad SMARTS) is 1. The molecular formula is C15H27NO5S. The number of carboxylic acids is 1. The zero-order chi connectivity index (χ0) is 16.3. The van der Waals surface area contributed by atoms with Crippen LogP contribution in [0.5, 0.6) is 0 Å².